The fourth-order valence-corrected chi connectivity index (χ4v) is 4.42. The molecule has 0 bridgehead atoms. The molecule has 1 fully saturated rings. The molecule has 9 heteroatoms. The highest BCUT2D eigenvalue weighted by molar-refractivity contribution is 6.39. The molecule has 0 saturated carbocycles. The number of carbonyl (C=O) groups is 3. The number of ether oxygens (including phenoxy) is 1. The van der Waals surface area contributed by atoms with Crippen LogP contribution in [0.5, 0.6) is 5.75 Å². The second-order valence-corrected chi connectivity index (χ2v) is 9.26. The number of aryl methyl sites for hydroxylation is 1. The minimum Gasteiger partial charge on any atom is -0.494 e. The molecular formula is C28H21Cl2N3O4. The average molecular weight is 534 g/mol. The number of amides is 4. The van der Waals surface area contributed by atoms with Crippen molar-refractivity contribution in [2.45, 2.75) is 13.0 Å². The number of benzene rings is 3. The van der Waals surface area contributed by atoms with Gasteiger partial charge in [0.05, 0.1) is 12.3 Å². The van der Waals surface area contributed by atoms with E-state index < -0.39 is 17.8 Å². The third-order valence-corrected chi connectivity index (χ3v) is 6.44. The molecule has 3 aromatic carbocycles. The number of imide groups is 2. The molecule has 1 saturated heterocycles. The van der Waals surface area contributed by atoms with Gasteiger partial charge in [0.25, 0.3) is 11.8 Å². The van der Waals surface area contributed by atoms with Crippen molar-refractivity contribution in [2.75, 3.05) is 11.5 Å². The number of para-hydroxylation sites is 1. The van der Waals surface area contributed by atoms with E-state index >= 15 is 0 Å². The molecule has 2 heterocycles. The number of rotatable bonds is 7. The minimum absolute atomic E-state index is 0.136. The van der Waals surface area contributed by atoms with Crippen molar-refractivity contribution < 1.29 is 19.1 Å². The Kier molecular flexibility index (Phi) is 6.99. The van der Waals surface area contributed by atoms with Crippen LogP contribution in [0.4, 0.5) is 10.5 Å². The minimum atomic E-state index is -0.808. The van der Waals surface area contributed by atoms with Gasteiger partial charge in [-0.2, -0.15) is 0 Å². The second-order valence-electron chi connectivity index (χ2n) is 8.39. The van der Waals surface area contributed by atoms with Crippen molar-refractivity contribution in [1.82, 2.24) is 9.88 Å². The van der Waals surface area contributed by atoms with E-state index in [-0.39, 0.29) is 5.57 Å². The Hall–Kier alpha value is -4.07. The quantitative estimate of drug-likeness (QED) is 0.177. The first-order chi connectivity index (χ1) is 17.9. The highest BCUT2D eigenvalue weighted by atomic mass is 35.5. The van der Waals surface area contributed by atoms with Gasteiger partial charge in [-0.3, -0.25) is 14.9 Å². The topological polar surface area (TPSA) is 80.6 Å². The highest BCUT2D eigenvalue weighted by Gasteiger charge is 2.37. The van der Waals surface area contributed by atoms with Crippen LogP contribution in [0.3, 0.4) is 0 Å². The molecule has 5 rings (SSSR count). The molecule has 186 valence electrons. The number of fused-ring (bicyclic) bond motifs is 1. The van der Waals surface area contributed by atoms with Crippen molar-refractivity contribution in [2.24, 2.45) is 0 Å². The van der Waals surface area contributed by atoms with Crippen LogP contribution in [0.1, 0.15) is 12.0 Å². The summed E-state index contributed by atoms with van der Waals surface area (Å²) < 4.78 is 7.85. The van der Waals surface area contributed by atoms with Gasteiger partial charge in [-0.1, -0.05) is 41.4 Å². The molecule has 0 atom stereocenters. The van der Waals surface area contributed by atoms with E-state index in [9.17, 15) is 14.4 Å². The lowest BCUT2D eigenvalue weighted by atomic mass is 10.1. The van der Waals surface area contributed by atoms with Gasteiger partial charge >= 0.3 is 6.03 Å². The molecule has 0 radical (unpaired) electrons. The SMILES string of the molecule is O=C1NC(=O)N(c2ccc(Cl)cc2)C(=O)/C1=C\c1cn(CCCOc2ccc(Cl)cc2)c2ccccc12. The van der Waals surface area contributed by atoms with Gasteiger partial charge in [0.1, 0.15) is 11.3 Å². The maximum absolute atomic E-state index is 13.3. The maximum atomic E-state index is 13.3. The summed E-state index contributed by atoms with van der Waals surface area (Å²) in [6, 6.07) is 20.4. The molecule has 1 aliphatic heterocycles. The first-order valence-corrected chi connectivity index (χ1v) is 12.3. The Morgan fingerprint density at radius 3 is 2.27 bits per heavy atom. The van der Waals surface area contributed by atoms with Gasteiger partial charge in [0.15, 0.2) is 0 Å². The fourth-order valence-electron chi connectivity index (χ4n) is 4.17. The van der Waals surface area contributed by atoms with E-state index in [1.807, 2.05) is 42.6 Å². The van der Waals surface area contributed by atoms with E-state index in [0.29, 0.717) is 34.4 Å². The Balaban J connectivity index is 1.39. The van der Waals surface area contributed by atoms with Crippen LogP contribution in [0.15, 0.2) is 84.6 Å². The summed E-state index contributed by atoms with van der Waals surface area (Å²) in [6.07, 6.45) is 4.15. The van der Waals surface area contributed by atoms with Gasteiger partial charge in [-0.05, 0) is 67.1 Å². The van der Waals surface area contributed by atoms with Gasteiger partial charge in [0, 0.05) is 39.3 Å². The number of nitrogens with one attached hydrogen (secondary N) is 1. The zero-order valence-electron chi connectivity index (χ0n) is 19.5. The number of carbonyl (C=O) groups excluding carboxylic acids is 3. The number of nitrogens with zero attached hydrogens (tertiary/aromatic N) is 2. The average Bonchev–Trinajstić information content (AvgIpc) is 3.24. The number of hydrogen-bond donors (Lipinski definition) is 1. The zero-order chi connectivity index (χ0) is 25.9. The number of urea groups is 1. The zero-order valence-corrected chi connectivity index (χ0v) is 21.0. The summed E-state index contributed by atoms with van der Waals surface area (Å²) in [5.41, 5.74) is 1.82. The number of anilines is 1. The van der Waals surface area contributed by atoms with Crippen LogP contribution < -0.4 is 15.0 Å². The lowest BCUT2D eigenvalue weighted by Crippen LogP contribution is -2.54. The molecular weight excluding hydrogens is 513 g/mol. The third kappa shape index (κ3) is 5.23. The highest BCUT2D eigenvalue weighted by Crippen LogP contribution is 2.27. The Labute approximate surface area is 222 Å². The fraction of sp³-hybridized carbons (Fsp3) is 0.107. The van der Waals surface area contributed by atoms with Crippen molar-refractivity contribution in [3.63, 3.8) is 0 Å². The second kappa shape index (κ2) is 10.5. The summed E-state index contributed by atoms with van der Waals surface area (Å²) in [7, 11) is 0. The predicted molar refractivity (Wildman–Crippen MR) is 144 cm³/mol. The normalized spacial score (nSPS) is 14.9. The lowest BCUT2D eigenvalue weighted by Gasteiger charge is -2.26. The third-order valence-electron chi connectivity index (χ3n) is 5.93. The predicted octanol–water partition coefficient (Wildman–Crippen LogP) is 6.08. The van der Waals surface area contributed by atoms with Crippen molar-refractivity contribution in [3.8, 4) is 5.75 Å². The number of barbiturate groups is 1. The summed E-state index contributed by atoms with van der Waals surface area (Å²) in [4.78, 5) is 39.3. The van der Waals surface area contributed by atoms with E-state index in [0.717, 1.165) is 28.0 Å². The van der Waals surface area contributed by atoms with Crippen LogP contribution in [-0.2, 0) is 16.1 Å². The maximum Gasteiger partial charge on any atom is 0.335 e. The van der Waals surface area contributed by atoms with Crippen molar-refractivity contribution in [1.29, 1.82) is 0 Å². The van der Waals surface area contributed by atoms with Gasteiger partial charge in [-0.15, -0.1) is 0 Å². The smallest absolute Gasteiger partial charge is 0.335 e. The molecule has 4 aromatic rings. The van der Waals surface area contributed by atoms with Crippen LogP contribution in [0, 0.1) is 0 Å². The summed E-state index contributed by atoms with van der Waals surface area (Å²) in [6.45, 7) is 1.16. The first kappa shape index (κ1) is 24.6. The molecule has 4 amide bonds. The number of hydrogen-bond acceptors (Lipinski definition) is 4. The van der Waals surface area contributed by atoms with E-state index in [2.05, 4.69) is 9.88 Å². The molecule has 1 aliphatic rings. The van der Waals surface area contributed by atoms with Gasteiger partial charge < -0.3 is 9.30 Å². The van der Waals surface area contributed by atoms with Crippen molar-refractivity contribution >= 4 is 63.7 Å². The first-order valence-electron chi connectivity index (χ1n) is 11.5. The molecule has 7 nitrogen and oxygen atoms in total. The van der Waals surface area contributed by atoms with Crippen molar-refractivity contribution in [3.05, 3.63) is 100 Å². The Morgan fingerprint density at radius 2 is 1.54 bits per heavy atom. The standard InChI is InChI=1S/C28H21Cl2N3O4/c29-19-6-10-21(11-7-19)33-27(35)24(26(34)31-28(33)36)16-18-17-32(25-5-2-1-4-23(18)25)14-3-15-37-22-12-8-20(30)9-13-22/h1-2,4-13,16-17H,3,14-15H2,(H,31,34,36)/b24-16-. The molecule has 0 unspecified atom stereocenters. The Bertz CT molecular complexity index is 1530. The van der Waals surface area contributed by atoms with Crippen LogP contribution in [0.2, 0.25) is 10.0 Å². The summed E-state index contributed by atoms with van der Waals surface area (Å²) >= 11 is 11.9. The summed E-state index contributed by atoms with van der Waals surface area (Å²) in [5, 5.41) is 4.25. The summed E-state index contributed by atoms with van der Waals surface area (Å²) in [5.74, 6) is -0.702. The largest absolute Gasteiger partial charge is 0.494 e. The molecule has 37 heavy (non-hydrogen) atoms. The molecule has 0 aliphatic carbocycles. The van der Waals surface area contributed by atoms with E-state index in [1.165, 1.54) is 6.08 Å². The van der Waals surface area contributed by atoms with E-state index in [4.69, 9.17) is 27.9 Å². The molecule has 1 aromatic heterocycles. The van der Waals surface area contributed by atoms with Crippen LogP contribution in [0.25, 0.3) is 17.0 Å². The van der Waals surface area contributed by atoms with Gasteiger partial charge in [-0.25, -0.2) is 9.69 Å². The van der Waals surface area contributed by atoms with Crippen LogP contribution >= 0.6 is 23.2 Å². The van der Waals surface area contributed by atoms with Gasteiger partial charge in [0.2, 0.25) is 0 Å². The van der Waals surface area contributed by atoms with Crippen LogP contribution in [-0.4, -0.2) is 29.0 Å². The Morgan fingerprint density at radius 1 is 0.865 bits per heavy atom. The molecule has 0 spiro atoms. The van der Waals surface area contributed by atoms with E-state index in [1.54, 1.807) is 36.4 Å². The number of aromatic nitrogens is 1. The number of halogens is 2. The molecule has 1 N–H and O–H groups in total. The lowest BCUT2D eigenvalue weighted by molar-refractivity contribution is -0.122. The monoisotopic (exact) mass is 533 g/mol.